The smallest absolute Gasteiger partial charge is 0.0467 e. The summed E-state index contributed by atoms with van der Waals surface area (Å²) in [5.41, 5.74) is 13.1. The van der Waals surface area contributed by atoms with Crippen molar-refractivity contribution in [2.75, 3.05) is 4.90 Å². The van der Waals surface area contributed by atoms with E-state index in [-0.39, 0.29) is 0 Å². The predicted molar refractivity (Wildman–Crippen MR) is 249 cm³/mol. The Hall–Kier alpha value is -6.78. The highest BCUT2D eigenvalue weighted by molar-refractivity contribution is 7.26. The van der Waals surface area contributed by atoms with Crippen LogP contribution in [-0.2, 0) is 0 Å². The van der Waals surface area contributed by atoms with Crippen molar-refractivity contribution in [2.45, 2.75) is 0 Å². The van der Waals surface area contributed by atoms with E-state index in [9.17, 15) is 0 Å². The number of anilines is 3. The highest BCUT2D eigenvalue weighted by Crippen LogP contribution is 2.44. The van der Waals surface area contributed by atoms with Gasteiger partial charge in [0.1, 0.15) is 0 Å². The van der Waals surface area contributed by atoms with Gasteiger partial charge in [-0.15, -0.1) is 22.7 Å². The molecule has 0 N–H and O–H groups in total. The molecule has 0 amide bonds. The summed E-state index contributed by atoms with van der Waals surface area (Å²) in [5.74, 6) is 0. The lowest BCUT2D eigenvalue weighted by molar-refractivity contribution is 1.28. The fourth-order valence-corrected chi connectivity index (χ4v) is 10.6. The Kier molecular flexibility index (Phi) is 8.28. The number of hydrogen-bond donors (Lipinski definition) is 0. The molecule has 3 heteroatoms. The van der Waals surface area contributed by atoms with Gasteiger partial charge >= 0.3 is 0 Å². The van der Waals surface area contributed by atoms with Crippen LogP contribution < -0.4 is 4.90 Å². The average molecular weight is 762 g/mol. The number of benzene rings is 9. The lowest BCUT2D eigenvalue weighted by atomic mass is 9.93. The molecule has 0 saturated heterocycles. The van der Waals surface area contributed by atoms with Crippen LogP contribution in [0.25, 0.3) is 84.9 Å². The van der Waals surface area contributed by atoms with E-state index in [1.54, 1.807) is 0 Å². The molecule has 0 aliphatic carbocycles. The quantitative estimate of drug-likeness (QED) is 0.156. The van der Waals surface area contributed by atoms with Crippen LogP contribution in [-0.4, -0.2) is 0 Å². The van der Waals surface area contributed by atoms with E-state index in [0.29, 0.717) is 0 Å². The highest BCUT2D eigenvalue weighted by Gasteiger charge is 2.17. The lowest BCUT2D eigenvalue weighted by Gasteiger charge is -2.26. The van der Waals surface area contributed by atoms with E-state index in [2.05, 4.69) is 217 Å². The molecule has 0 aliphatic rings. The first-order valence-corrected chi connectivity index (χ1v) is 21.0. The first-order valence-electron chi connectivity index (χ1n) is 19.3. The minimum absolute atomic E-state index is 1.10. The molecule has 0 atom stereocenters. The molecule has 0 radical (unpaired) electrons. The first kappa shape index (κ1) is 33.5. The average Bonchev–Trinajstić information content (AvgIpc) is 3.86. The van der Waals surface area contributed by atoms with E-state index in [0.717, 1.165) is 17.1 Å². The van der Waals surface area contributed by atoms with Crippen molar-refractivity contribution in [1.29, 1.82) is 0 Å². The topological polar surface area (TPSA) is 3.24 Å². The molecular weight excluding hydrogens is 727 g/mol. The van der Waals surface area contributed by atoms with Crippen LogP contribution in [0.15, 0.2) is 212 Å². The maximum Gasteiger partial charge on any atom is 0.0467 e. The van der Waals surface area contributed by atoms with Gasteiger partial charge in [-0.25, -0.2) is 0 Å². The number of rotatable bonds is 7. The summed E-state index contributed by atoms with van der Waals surface area (Å²) < 4.78 is 5.31. The Bertz CT molecular complexity index is 3230. The van der Waals surface area contributed by atoms with Gasteiger partial charge in [-0.2, -0.15) is 0 Å². The maximum absolute atomic E-state index is 2.37. The zero-order chi connectivity index (χ0) is 37.7. The van der Waals surface area contributed by atoms with Crippen molar-refractivity contribution in [3.05, 3.63) is 212 Å². The molecule has 0 saturated carbocycles. The van der Waals surface area contributed by atoms with E-state index in [1.165, 1.54) is 84.9 Å². The van der Waals surface area contributed by atoms with Crippen molar-refractivity contribution in [1.82, 2.24) is 0 Å². The van der Waals surface area contributed by atoms with E-state index < -0.39 is 0 Å². The fraction of sp³-hybridized carbons (Fsp3) is 0. The molecule has 0 aliphatic heterocycles. The molecule has 11 aromatic rings. The SMILES string of the molecule is c1ccc(-c2cccc(N(c3ccc(-c4ccc5sc6ccccc6c5c4)cc3)c3ccc(-c4ccccc4-c4cccc5c4sc4ccccc45)cc3)c2)cc1. The predicted octanol–water partition coefficient (Wildman–Crippen LogP) is 16.6. The molecule has 11 rings (SSSR count). The molecular formula is C54H35NS2. The highest BCUT2D eigenvalue weighted by atomic mass is 32.1. The number of nitrogens with zero attached hydrogens (tertiary/aromatic N) is 1. The van der Waals surface area contributed by atoms with Gasteiger partial charge in [-0.05, 0) is 99.6 Å². The van der Waals surface area contributed by atoms with E-state index >= 15 is 0 Å². The Morgan fingerprint density at radius 1 is 0.263 bits per heavy atom. The van der Waals surface area contributed by atoms with Crippen LogP contribution in [0, 0.1) is 0 Å². The second-order valence-corrected chi connectivity index (χ2v) is 16.6. The molecule has 2 aromatic heterocycles. The van der Waals surface area contributed by atoms with Crippen LogP contribution in [0.3, 0.4) is 0 Å². The van der Waals surface area contributed by atoms with Crippen LogP contribution in [0.2, 0.25) is 0 Å². The summed E-state index contributed by atoms with van der Waals surface area (Å²) in [4.78, 5) is 2.37. The molecule has 0 fully saturated rings. The normalized spacial score (nSPS) is 11.5. The van der Waals surface area contributed by atoms with Crippen LogP contribution in [0.4, 0.5) is 17.1 Å². The summed E-state index contributed by atoms with van der Waals surface area (Å²) in [6.07, 6.45) is 0. The van der Waals surface area contributed by atoms with Gasteiger partial charge in [0.2, 0.25) is 0 Å². The van der Waals surface area contributed by atoms with Gasteiger partial charge in [0, 0.05) is 63.0 Å². The monoisotopic (exact) mass is 761 g/mol. The van der Waals surface area contributed by atoms with Gasteiger partial charge in [0.25, 0.3) is 0 Å². The molecule has 0 bridgehead atoms. The number of thiophene rings is 2. The van der Waals surface area contributed by atoms with E-state index in [4.69, 9.17) is 0 Å². The zero-order valence-electron chi connectivity index (χ0n) is 31.0. The molecule has 0 unspecified atom stereocenters. The second kappa shape index (κ2) is 14.1. The van der Waals surface area contributed by atoms with Gasteiger partial charge in [0.15, 0.2) is 0 Å². The Labute approximate surface area is 340 Å². The molecule has 0 spiro atoms. The van der Waals surface area contributed by atoms with Crippen LogP contribution in [0.1, 0.15) is 0 Å². The van der Waals surface area contributed by atoms with Crippen molar-refractivity contribution >= 4 is 80.1 Å². The Morgan fingerprint density at radius 2 is 0.772 bits per heavy atom. The standard InChI is InChI=1S/C54H35NS2/c1-2-12-36(13-3-1)39-14-10-15-43(34-39)55(41-29-24-37(25-30-41)40-28-33-53-50(35-40)47-19-7-8-22-51(47)56-53)42-31-26-38(27-32-42)44-16-4-5-17-45(44)48-20-11-21-49-46-18-6-9-23-52(46)57-54(48)49/h1-35H. The summed E-state index contributed by atoms with van der Waals surface area (Å²) in [6.45, 7) is 0. The molecule has 9 aromatic carbocycles. The van der Waals surface area contributed by atoms with Crippen molar-refractivity contribution in [3.63, 3.8) is 0 Å². The summed E-state index contributed by atoms with van der Waals surface area (Å²) in [6, 6.07) is 77.5. The number of hydrogen-bond acceptors (Lipinski definition) is 3. The van der Waals surface area contributed by atoms with Crippen LogP contribution >= 0.6 is 22.7 Å². The van der Waals surface area contributed by atoms with Crippen LogP contribution in [0.5, 0.6) is 0 Å². The second-order valence-electron chi connectivity index (χ2n) is 14.5. The summed E-state index contributed by atoms with van der Waals surface area (Å²) in [7, 11) is 0. The van der Waals surface area contributed by atoms with E-state index in [1.807, 2.05) is 22.7 Å². The summed E-state index contributed by atoms with van der Waals surface area (Å²) in [5, 5.41) is 5.28. The van der Waals surface area contributed by atoms with Gasteiger partial charge < -0.3 is 4.90 Å². The minimum atomic E-state index is 1.10. The molecule has 57 heavy (non-hydrogen) atoms. The number of fused-ring (bicyclic) bond motifs is 6. The molecule has 2 heterocycles. The molecule has 268 valence electrons. The van der Waals surface area contributed by atoms with Crippen molar-refractivity contribution < 1.29 is 0 Å². The first-order chi connectivity index (χ1) is 28.2. The maximum atomic E-state index is 2.37. The fourth-order valence-electron chi connectivity index (χ4n) is 8.33. The third kappa shape index (κ3) is 6.00. The summed E-state index contributed by atoms with van der Waals surface area (Å²) >= 11 is 3.74. The largest absolute Gasteiger partial charge is 0.310 e. The third-order valence-electron chi connectivity index (χ3n) is 11.1. The zero-order valence-corrected chi connectivity index (χ0v) is 32.6. The van der Waals surface area contributed by atoms with Gasteiger partial charge in [0.05, 0.1) is 0 Å². The lowest BCUT2D eigenvalue weighted by Crippen LogP contribution is -2.10. The third-order valence-corrected chi connectivity index (χ3v) is 13.5. The van der Waals surface area contributed by atoms with Crippen molar-refractivity contribution in [3.8, 4) is 44.5 Å². The molecule has 1 nitrogen and oxygen atoms in total. The van der Waals surface area contributed by atoms with Gasteiger partial charge in [-0.1, -0.05) is 152 Å². The minimum Gasteiger partial charge on any atom is -0.310 e. The van der Waals surface area contributed by atoms with Crippen molar-refractivity contribution in [2.24, 2.45) is 0 Å². The van der Waals surface area contributed by atoms with Gasteiger partial charge in [-0.3, -0.25) is 0 Å². The Balaban J connectivity index is 0.993. The Morgan fingerprint density at radius 3 is 1.54 bits per heavy atom.